The van der Waals surface area contributed by atoms with Crippen LogP contribution >= 0.6 is 11.3 Å². The standard InChI is InChI=1S/C22H27N3O3S/c26-21(11-19-2-1-9-29-19)24-12-16-10-18(15-24)20-4-3-17(22(27)25(20)13-16)14-23-5-7-28-8-6-23/h1-4,9,16,18H,5-8,10-15H2/t16-,18+/m0/s1. The maximum atomic E-state index is 13.2. The van der Waals surface area contributed by atoms with Crippen LogP contribution in [-0.2, 0) is 29.0 Å². The van der Waals surface area contributed by atoms with Gasteiger partial charge in [-0.05, 0) is 29.9 Å². The summed E-state index contributed by atoms with van der Waals surface area (Å²) in [6, 6.07) is 8.16. The Kier molecular flexibility index (Phi) is 5.28. The first-order chi connectivity index (χ1) is 14.2. The van der Waals surface area contributed by atoms with E-state index in [0.717, 1.165) is 68.5 Å². The van der Waals surface area contributed by atoms with E-state index < -0.39 is 0 Å². The summed E-state index contributed by atoms with van der Waals surface area (Å²) in [5.74, 6) is 0.840. The number of morpholine rings is 1. The average molecular weight is 414 g/mol. The molecule has 0 spiro atoms. The molecule has 0 aromatic carbocycles. The Morgan fingerprint density at radius 3 is 2.79 bits per heavy atom. The zero-order valence-corrected chi connectivity index (χ0v) is 17.4. The second kappa shape index (κ2) is 8.05. The van der Waals surface area contributed by atoms with Gasteiger partial charge in [-0.25, -0.2) is 0 Å². The van der Waals surface area contributed by atoms with Crippen LogP contribution in [0.15, 0.2) is 34.4 Å². The number of carbonyl (C=O) groups excluding carboxylic acids is 1. The highest BCUT2D eigenvalue weighted by Crippen LogP contribution is 2.35. The molecule has 0 aliphatic carbocycles. The van der Waals surface area contributed by atoms with E-state index in [0.29, 0.717) is 18.9 Å². The molecule has 3 aliphatic rings. The Morgan fingerprint density at radius 1 is 1.14 bits per heavy atom. The lowest BCUT2D eigenvalue weighted by Gasteiger charge is -2.43. The van der Waals surface area contributed by atoms with Crippen molar-refractivity contribution in [2.45, 2.75) is 31.8 Å². The van der Waals surface area contributed by atoms with E-state index in [2.05, 4.69) is 11.0 Å². The lowest BCUT2D eigenvalue weighted by molar-refractivity contribution is -0.133. The fourth-order valence-corrected chi connectivity index (χ4v) is 5.69. The maximum absolute atomic E-state index is 13.2. The van der Waals surface area contributed by atoms with Crippen LogP contribution in [0.3, 0.4) is 0 Å². The van der Waals surface area contributed by atoms with Crippen molar-refractivity contribution in [2.24, 2.45) is 5.92 Å². The Morgan fingerprint density at radius 2 is 2.00 bits per heavy atom. The van der Waals surface area contributed by atoms with E-state index in [4.69, 9.17) is 4.74 Å². The average Bonchev–Trinajstić information content (AvgIpc) is 3.24. The van der Waals surface area contributed by atoms with Gasteiger partial charge < -0.3 is 14.2 Å². The number of ether oxygens (including phenoxy) is 1. The highest BCUT2D eigenvalue weighted by molar-refractivity contribution is 7.10. The molecule has 7 heteroatoms. The number of piperidine rings is 1. The molecule has 6 nitrogen and oxygen atoms in total. The smallest absolute Gasteiger partial charge is 0.255 e. The molecule has 154 valence electrons. The van der Waals surface area contributed by atoms with Crippen molar-refractivity contribution in [1.82, 2.24) is 14.4 Å². The summed E-state index contributed by atoms with van der Waals surface area (Å²) >= 11 is 1.64. The predicted octanol–water partition coefficient (Wildman–Crippen LogP) is 1.93. The SMILES string of the molecule is O=C(Cc1cccs1)N1C[C@@H]2C[C@H](C1)c1ccc(CN3CCOCC3)c(=O)n1C2. The molecule has 0 saturated carbocycles. The van der Waals surface area contributed by atoms with Gasteiger partial charge in [0.1, 0.15) is 0 Å². The number of thiophene rings is 1. The molecule has 0 N–H and O–H groups in total. The van der Waals surface area contributed by atoms with Crippen molar-refractivity contribution in [1.29, 1.82) is 0 Å². The fourth-order valence-electron chi connectivity index (χ4n) is 4.99. The summed E-state index contributed by atoms with van der Waals surface area (Å²) in [7, 11) is 0. The van der Waals surface area contributed by atoms with Crippen LogP contribution < -0.4 is 5.56 Å². The minimum absolute atomic E-state index is 0.155. The largest absolute Gasteiger partial charge is 0.379 e. The Balaban J connectivity index is 1.33. The minimum atomic E-state index is 0.155. The van der Waals surface area contributed by atoms with Crippen molar-refractivity contribution in [3.05, 3.63) is 56.1 Å². The molecule has 2 aromatic rings. The fraction of sp³-hybridized carbons (Fsp3) is 0.545. The Labute approximate surface area is 174 Å². The topological polar surface area (TPSA) is 54.8 Å². The first kappa shape index (κ1) is 19.0. The molecule has 2 fully saturated rings. The molecular weight excluding hydrogens is 386 g/mol. The highest BCUT2D eigenvalue weighted by atomic mass is 32.1. The number of aromatic nitrogens is 1. The van der Waals surface area contributed by atoms with Gasteiger partial charge in [-0.1, -0.05) is 12.1 Å². The maximum Gasteiger partial charge on any atom is 0.255 e. The third-order valence-corrected chi connectivity index (χ3v) is 7.32. The molecule has 2 atom stereocenters. The van der Waals surface area contributed by atoms with Gasteiger partial charge in [0.25, 0.3) is 5.56 Å². The van der Waals surface area contributed by atoms with Crippen LogP contribution in [0.5, 0.6) is 0 Å². The van der Waals surface area contributed by atoms with Gasteiger partial charge >= 0.3 is 0 Å². The summed E-state index contributed by atoms with van der Waals surface area (Å²) in [6.07, 6.45) is 1.56. The summed E-state index contributed by atoms with van der Waals surface area (Å²) < 4.78 is 7.41. The van der Waals surface area contributed by atoms with Gasteiger partial charge in [-0.15, -0.1) is 11.3 Å². The molecular formula is C22H27N3O3S. The Bertz CT molecular complexity index is 933. The molecule has 2 saturated heterocycles. The third-order valence-electron chi connectivity index (χ3n) is 6.44. The predicted molar refractivity (Wildman–Crippen MR) is 112 cm³/mol. The number of hydrogen-bond donors (Lipinski definition) is 0. The van der Waals surface area contributed by atoms with Gasteiger partial charge in [0, 0.05) is 61.3 Å². The van der Waals surface area contributed by atoms with Gasteiger partial charge in [-0.2, -0.15) is 0 Å². The summed E-state index contributed by atoms with van der Waals surface area (Å²) in [5, 5.41) is 2.02. The van der Waals surface area contributed by atoms with E-state index in [9.17, 15) is 9.59 Å². The van der Waals surface area contributed by atoms with Crippen LogP contribution in [0, 0.1) is 5.92 Å². The number of amides is 1. The number of carbonyl (C=O) groups is 1. The van der Waals surface area contributed by atoms with E-state index in [-0.39, 0.29) is 17.4 Å². The number of rotatable bonds is 4. The molecule has 0 unspecified atom stereocenters. The molecule has 29 heavy (non-hydrogen) atoms. The zero-order valence-electron chi connectivity index (χ0n) is 16.6. The molecule has 5 heterocycles. The first-order valence-corrected chi connectivity index (χ1v) is 11.4. The van der Waals surface area contributed by atoms with Gasteiger partial charge in [0.05, 0.1) is 19.6 Å². The lowest BCUT2D eigenvalue weighted by Crippen LogP contribution is -2.50. The molecule has 2 aromatic heterocycles. The van der Waals surface area contributed by atoms with Crippen molar-refractivity contribution < 1.29 is 9.53 Å². The molecule has 1 amide bonds. The quantitative estimate of drug-likeness (QED) is 0.769. The van der Waals surface area contributed by atoms with Crippen LogP contribution in [0.2, 0.25) is 0 Å². The second-order valence-electron chi connectivity index (χ2n) is 8.44. The summed E-state index contributed by atoms with van der Waals surface area (Å²) in [6.45, 7) is 6.16. The minimum Gasteiger partial charge on any atom is -0.379 e. The van der Waals surface area contributed by atoms with E-state index >= 15 is 0 Å². The van der Waals surface area contributed by atoms with Crippen LogP contribution in [-0.4, -0.2) is 59.7 Å². The van der Waals surface area contributed by atoms with E-state index in [1.54, 1.807) is 11.3 Å². The molecule has 0 radical (unpaired) electrons. The van der Waals surface area contributed by atoms with Crippen molar-refractivity contribution in [2.75, 3.05) is 39.4 Å². The first-order valence-electron chi connectivity index (χ1n) is 10.5. The normalized spacial score (nSPS) is 24.3. The number of pyridine rings is 1. The molecule has 2 bridgehead atoms. The number of hydrogen-bond acceptors (Lipinski definition) is 5. The van der Waals surface area contributed by atoms with E-state index in [1.807, 2.05) is 33.0 Å². The van der Waals surface area contributed by atoms with Crippen LogP contribution in [0.1, 0.15) is 28.5 Å². The molecule has 3 aliphatic heterocycles. The lowest BCUT2D eigenvalue weighted by atomic mass is 9.83. The summed E-state index contributed by atoms with van der Waals surface area (Å²) in [4.78, 5) is 31.4. The van der Waals surface area contributed by atoms with Crippen molar-refractivity contribution in [3.8, 4) is 0 Å². The van der Waals surface area contributed by atoms with E-state index in [1.165, 1.54) is 0 Å². The van der Waals surface area contributed by atoms with Gasteiger partial charge in [0.2, 0.25) is 5.91 Å². The van der Waals surface area contributed by atoms with Crippen molar-refractivity contribution in [3.63, 3.8) is 0 Å². The van der Waals surface area contributed by atoms with Gasteiger partial charge in [-0.3, -0.25) is 14.5 Å². The number of nitrogens with zero attached hydrogens (tertiary/aromatic N) is 3. The van der Waals surface area contributed by atoms with Crippen LogP contribution in [0.25, 0.3) is 0 Å². The third kappa shape index (κ3) is 3.91. The van der Waals surface area contributed by atoms with Gasteiger partial charge in [0.15, 0.2) is 0 Å². The number of fused-ring (bicyclic) bond motifs is 4. The van der Waals surface area contributed by atoms with Crippen LogP contribution in [0.4, 0.5) is 0 Å². The zero-order chi connectivity index (χ0) is 19.8. The highest BCUT2D eigenvalue weighted by Gasteiger charge is 2.36. The second-order valence-corrected chi connectivity index (χ2v) is 9.47. The monoisotopic (exact) mass is 413 g/mol. The van der Waals surface area contributed by atoms with Crippen molar-refractivity contribution >= 4 is 17.2 Å². The molecule has 5 rings (SSSR count). The Hall–Kier alpha value is -1.96. The summed E-state index contributed by atoms with van der Waals surface area (Å²) in [5.41, 5.74) is 2.13. The number of likely N-dealkylation sites (tertiary alicyclic amines) is 1.